The molecule has 0 heterocycles. The van der Waals surface area contributed by atoms with Crippen LogP contribution in [0.3, 0.4) is 0 Å². The van der Waals surface area contributed by atoms with E-state index in [1.807, 2.05) is 0 Å². The summed E-state index contributed by atoms with van der Waals surface area (Å²) in [6.07, 6.45) is -4.54. The summed E-state index contributed by atoms with van der Waals surface area (Å²) in [5, 5.41) is 2.43. The summed E-state index contributed by atoms with van der Waals surface area (Å²) in [6.45, 7) is 3.27. The Morgan fingerprint density at radius 1 is 1.29 bits per heavy atom. The molecule has 0 spiro atoms. The minimum atomic E-state index is -4.46. The Kier molecular flexibility index (Phi) is 5.34. The number of alkyl halides is 3. The third-order valence-electron chi connectivity index (χ3n) is 2.88. The maximum Gasteiger partial charge on any atom is 0.416 e. The van der Waals surface area contributed by atoms with Gasteiger partial charge in [0.05, 0.1) is 5.56 Å². The van der Waals surface area contributed by atoms with Gasteiger partial charge in [-0.1, -0.05) is 32.0 Å². The molecule has 3 N–H and O–H groups in total. The Morgan fingerprint density at radius 2 is 1.90 bits per heavy atom. The summed E-state index contributed by atoms with van der Waals surface area (Å²) in [5.74, 6) is -1.53. The monoisotopic (exact) mass is 302 g/mol. The number of halogens is 3. The molecule has 0 radical (unpaired) electrons. The van der Waals surface area contributed by atoms with Gasteiger partial charge < -0.3 is 11.1 Å². The number of hydrogen-bond acceptors (Lipinski definition) is 2. The van der Waals surface area contributed by atoms with E-state index >= 15 is 0 Å². The quantitative estimate of drug-likeness (QED) is 0.871. The number of carbonyl (C=O) groups is 2. The summed E-state index contributed by atoms with van der Waals surface area (Å²) in [5.41, 5.74) is 4.65. The van der Waals surface area contributed by atoms with E-state index in [9.17, 15) is 22.8 Å². The molecule has 0 fully saturated rings. The Labute approximate surface area is 120 Å². The largest absolute Gasteiger partial charge is 0.416 e. The van der Waals surface area contributed by atoms with E-state index in [1.165, 1.54) is 12.1 Å². The minimum Gasteiger partial charge on any atom is -0.368 e. The van der Waals surface area contributed by atoms with E-state index < -0.39 is 23.7 Å². The van der Waals surface area contributed by atoms with E-state index in [1.54, 1.807) is 13.8 Å². The standard InChI is InChI=1S/C14H17F3N2O2/c1-8(2)13(21)19-11(12(18)20)7-9-4-3-5-10(6-9)14(15,16)17/h3-6,8,11H,7H2,1-2H3,(H2,18,20)(H,19,21)/t11-/m0/s1. The molecular weight excluding hydrogens is 285 g/mol. The van der Waals surface area contributed by atoms with Crippen molar-refractivity contribution >= 4 is 11.8 Å². The van der Waals surface area contributed by atoms with Crippen molar-refractivity contribution in [3.63, 3.8) is 0 Å². The molecule has 0 aliphatic rings. The van der Waals surface area contributed by atoms with Crippen molar-refractivity contribution in [3.05, 3.63) is 35.4 Å². The Hall–Kier alpha value is -2.05. The maximum atomic E-state index is 12.6. The number of benzene rings is 1. The molecule has 1 rings (SSSR count). The van der Waals surface area contributed by atoms with Gasteiger partial charge in [-0.15, -0.1) is 0 Å². The van der Waals surface area contributed by atoms with Crippen LogP contribution in [-0.4, -0.2) is 17.9 Å². The van der Waals surface area contributed by atoms with E-state index in [-0.39, 0.29) is 23.8 Å². The van der Waals surface area contributed by atoms with Gasteiger partial charge in [0.25, 0.3) is 0 Å². The fourth-order valence-electron chi connectivity index (χ4n) is 1.67. The second-order valence-corrected chi connectivity index (χ2v) is 5.02. The van der Waals surface area contributed by atoms with Crippen molar-refractivity contribution < 1.29 is 22.8 Å². The zero-order valence-electron chi connectivity index (χ0n) is 11.7. The molecule has 4 nitrogen and oxygen atoms in total. The lowest BCUT2D eigenvalue weighted by Gasteiger charge is -2.17. The van der Waals surface area contributed by atoms with Crippen LogP contribution in [0, 0.1) is 5.92 Å². The summed E-state index contributed by atoms with van der Waals surface area (Å²) in [6, 6.07) is 3.54. The first-order chi connectivity index (χ1) is 9.61. The van der Waals surface area contributed by atoms with Crippen molar-refractivity contribution in [2.24, 2.45) is 11.7 Å². The highest BCUT2D eigenvalue weighted by molar-refractivity contribution is 5.87. The van der Waals surface area contributed by atoms with Gasteiger partial charge in [0, 0.05) is 12.3 Å². The Morgan fingerprint density at radius 3 is 2.38 bits per heavy atom. The molecule has 0 aliphatic heterocycles. The molecular formula is C14H17F3N2O2. The van der Waals surface area contributed by atoms with Gasteiger partial charge in [-0.05, 0) is 11.6 Å². The normalized spacial score (nSPS) is 13.0. The SMILES string of the molecule is CC(C)C(=O)N[C@@H](Cc1cccc(C(F)(F)F)c1)C(N)=O. The lowest BCUT2D eigenvalue weighted by atomic mass is 10.0. The zero-order valence-corrected chi connectivity index (χ0v) is 11.7. The fourth-order valence-corrected chi connectivity index (χ4v) is 1.67. The Balaban J connectivity index is 2.90. The lowest BCUT2D eigenvalue weighted by molar-refractivity contribution is -0.137. The third kappa shape index (κ3) is 5.09. The molecule has 0 aliphatic carbocycles. The van der Waals surface area contributed by atoms with Crippen LogP contribution in [0.25, 0.3) is 0 Å². The van der Waals surface area contributed by atoms with Crippen molar-refractivity contribution in [2.45, 2.75) is 32.5 Å². The van der Waals surface area contributed by atoms with Gasteiger partial charge in [-0.25, -0.2) is 0 Å². The number of rotatable bonds is 5. The molecule has 0 aromatic heterocycles. The van der Waals surface area contributed by atoms with Crippen LogP contribution in [0.4, 0.5) is 13.2 Å². The number of primary amides is 1. The van der Waals surface area contributed by atoms with Gasteiger partial charge >= 0.3 is 6.18 Å². The maximum absolute atomic E-state index is 12.6. The molecule has 2 amide bonds. The average Bonchev–Trinajstić information content (AvgIpc) is 2.36. The first-order valence-electron chi connectivity index (χ1n) is 6.37. The predicted molar refractivity (Wildman–Crippen MR) is 71.1 cm³/mol. The molecule has 0 bridgehead atoms. The summed E-state index contributed by atoms with van der Waals surface area (Å²) >= 11 is 0. The van der Waals surface area contributed by atoms with E-state index in [0.717, 1.165) is 12.1 Å². The highest BCUT2D eigenvalue weighted by Crippen LogP contribution is 2.29. The van der Waals surface area contributed by atoms with Crippen LogP contribution in [0.1, 0.15) is 25.0 Å². The van der Waals surface area contributed by atoms with Crippen molar-refractivity contribution in [1.29, 1.82) is 0 Å². The Bertz CT molecular complexity index is 527. The van der Waals surface area contributed by atoms with Crippen LogP contribution in [0.5, 0.6) is 0 Å². The van der Waals surface area contributed by atoms with E-state index in [4.69, 9.17) is 5.73 Å². The van der Waals surface area contributed by atoms with Gasteiger partial charge in [0.2, 0.25) is 11.8 Å². The highest BCUT2D eigenvalue weighted by atomic mass is 19.4. The first-order valence-corrected chi connectivity index (χ1v) is 6.37. The van der Waals surface area contributed by atoms with Gasteiger partial charge in [0.1, 0.15) is 6.04 Å². The second kappa shape index (κ2) is 6.60. The fraction of sp³-hybridized carbons (Fsp3) is 0.429. The van der Waals surface area contributed by atoms with Crippen LogP contribution < -0.4 is 11.1 Å². The topological polar surface area (TPSA) is 72.2 Å². The van der Waals surface area contributed by atoms with E-state index in [0.29, 0.717) is 0 Å². The number of carbonyl (C=O) groups excluding carboxylic acids is 2. The molecule has 1 atom stereocenters. The van der Waals surface area contributed by atoms with Crippen LogP contribution in [0.15, 0.2) is 24.3 Å². The smallest absolute Gasteiger partial charge is 0.368 e. The summed E-state index contributed by atoms with van der Waals surface area (Å²) in [7, 11) is 0. The predicted octanol–water partition coefficient (Wildman–Crippen LogP) is 1.87. The molecule has 0 saturated carbocycles. The van der Waals surface area contributed by atoms with Crippen molar-refractivity contribution in [2.75, 3.05) is 0 Å². The van der Waals surface area contributed by atoms with Crippen molar-refractivity contribution in [3.8, 4) is 0 Å². The molecule has 1 aromatic carbocycles. The van der Waals surface area contributed by atoms with Crippen LogP contribution in [-0.2, 0) is 22.2 Å². The third-order valence-corrected chi connectivity index (χ3v) is 2.88. The van der Waals surface area contributed by atoms with Crippen LogP contribution in [0.2, 0.25) is 0 Å². The van der Waals surface area contributed by atoms with Crippen molar-refractivity contribution in [1.82, 2.24) is 5.32 Å². The molecule has 116 valence electrons. The zero-order chi connectivity index (χ0) is 16.2. The molecule has 0 unspecified atom stereocenters. The molecule has 1 aromatic rings. The summed E-state index contributed by atoms with van der Waals surface area (Å²) < 4.78 is 37.9. The van der Waals surface area contributed by atoms with Crippen LogP contribution >= 0.6 is 0 Å². The lowest BCUT2D eigenvalue weighted by Crippen LogP contribution is -2.47. The number of amides is 2. The first kappa shape index (κ1) is 17.0. The van der Waals surface area contributed by atoms with E-state index in [2.05, 4.69) is 5.32 Å². The number of hydrogen-bond donors (Lipinski definition) is 2. The average molecular weight is 302 g/mol. The van der Waals surface area contributed by atoms with Gasteiger partial charge in [-0.3, -0.25) is 9.59 Å². The second-order valence-electron chi connectivity index (χ2n) is 5.02. The minimum absolute atomic E-state index is 0.0856. The van der Waals surface area contributed by atoms with Gasteiger partial charge in [-0.2, -0.15) is 13.2 Å². The number of nitrogens with one attached hydrogen (secondary N) is 1. The highest BCUT2D eigenvalue weighted by Gasteiger charge is 2.30. The summed E-state index contributed by atoms with van der Waals surface area (Å²) in [4.78, 5) is 22.9. The molecule has 21 heavy (non-hydrogen) atoms. The van der Waals surface area contributed by atoms with Gasteiger partial charge in [0.15, 0.2) is 0 Å². The molecule has 0 saturated heterocycles. The molecule has 7 heteroatoms. The number of nitrogens with two attached hydrogens (primary N) is 1.